The minimum atomic E-state index is -0.956. The van der Waals surface area contributed by atoms with Crippen LogP contribution in [-0.4, -0.2) is 27.2 Å². The van der Waals surface area contributed by atoms with Crippen molar-refractivity contribution >= 4 is 23.2 Å². The van der Waals surface area contributed by atoms with Crippen LogP contribution in [0.25, 0.3) is 0 Å². The summed E-state index contributed by atoms with van der Waals surface area (Å²) in [5.41, 5.74) is 1.07. The third-order valence-corrected chi connectivity index (χ3v) is 3.63. The predicted octanol–water partition coefficient (Wildman–Crippen LogP) is 1.73. The first-order chi connectivity index (χ1) is 9.08. The van der Waals surface area contributed by atoms with Gasteiger partial charge < -0.3 is 10.4 Å². The van der Waals surface area contributed by atoms with Gasteiger partial charge in [0.1, 0.15) is 0 Å². The molecule has 1 unspecified atom stereocenters. The lowest BCUT2D eigenvalue weighted by Crippen LogP contribution is -2.29. The Balaban J connectivity index is 2.15. The highest BCUT2D eigenvalue weighted by atomic mass is 32.1. The van der Waals surface area contributed by atoms with Crippen LogP contribution in [0.5, 0.6) is 0 Å². The quantitative estimate of drug-likeness (QED) is 0.776. The third-order valence-electron chi connectivity index (χ3n) is 2.65. The monoisotopic (exact) mass is 279 g/mol. The van der Waals surface area contributed by atoms with Crippen LogP contribution < -0.4 is 5.32 Å². The number of aromatic amines is 1. The topological polar surface area (TPSA) is 95.1 Å². The van der Waals surface area contributed by atoms with Gasteiger partial charge in [-0.05, 0) is 18.4 Å². The molecule has 0 saturated heterocycles. The Labute approximate surface area is 113 Å². The molecule has 0 bridgehead atoms. The van der Waals surface area contributed by atoms with Gasteiger partial charge in [-0.2, -0.15) is 5.10 Å². The fraction of sp³-hybridized carbons (Fsp3) is 0.250. The van der Waals surface area contributed by atoms with Crippen molar-refractivity contribution in [3.63, 3.8) is 0 Å². The number of nitrogens with zero attached hydrogens (tertiary/aromatic N) is 1. The molecule has 3 N–H and O–H groups in total. The zero-order valence-electron chi connectivity index (χ0n) is 10.2. The summed E-state index contributed by atoms with van der Waals surface area (Å²) in [6, 6.07) is 3.10. The Kier molecular flexibility index (Phi) is 3.96. The zero-order valence-corrected chi connectivity index (χ0v) is 11.0. The van der Waals surface area contributed by atoms with E-state index in [1.165, 1.54) is 17.5 Å². The first kappa shape index (κ1) is 13.3. The molecule has 6 nitrogen and oxygen atoms in total. The molecule has 2 rings (SSSR count). The number of H-pyrrole nitrogens is 1. The Bertz CT molecular complexity index is 577. The fourth-order valence-electron chi connectivity index (χ4n) is 1.70. The van der Waals surface area contributed by atoms with Crippen LogP contribution >= 0.6 is 11.3 Å². The lowest BCUT2D eigenvalue weighted by molar-refractivity contribution is -0.137. The summed E-state index contributed by atoms with van der Waals surface area (Å²) < 4.78 is 0. The molecule has 0 spiro atoms. The summed E-state index contributed by atoms with van der Waals surface area (Å²) >= 11 is 1.41. The van der Waals surface area contributed by atoms with E-state index in [0.717, 1.165) is 4.88 Å². The fourth-order valence-corrected chi connectivity index (χ4v) is 2.48. The van der Waals surface area contributed by atoms with E-state index < -0.39 is 12.0 Å². The van der Waals surface area contributed by atoms with E-state index in [4.69, 9.17) is 5.11 Å². The molecule has 0 radical (unpaired) electrons. The minimum Gasteiger partial charge on any atom is -0.481 e. The van der Waals surface area contributed by atoms with Gasteiger partial charge in [0.05, 0.1) is 24.2 Å². The van der Waals surface area contributed by atoms with Crippen LogP contribution in [0.15, 0.2) is 23.7 Å². The molecular formula is C12H13N3O3S. The minimum absolute atomic E-state index is 0.150. The molecule has 0 fully saturated rings. The SMILES string of the molecule is Cc1[nH]ncc1C(=O)NC(CC(=O)O)c1cccs1. The lowest BCUT2D eigenvalue weighted by Gasteiger charge is -2.15. The summed E-state index contributed by atoms with van der Waals surface area (Å²) in [6.07, 6.45) is 1.28. The maximum Gasteiger partial charge on any atom is 0.305 e. The summed E-state index contributed by atoms with van der Waals surface area (Å²) in [5, 5.41) is 19.9. The highest BCUT2D eigenvalue weighted by Crippen LogP contribution is 2.22. The lowest BCUT2D eigenvalue weighted by atomic mass is 10.1. The van der Waals surface area contributed by atoms with Gasteiger partial charge in [0.15, 0.2) is 0 Å². The average Bonchev–Trinajstić information content (AvgIpc) is 2.97. The number of carbonyl (C=O) groups excluding carboxylic acids is 1. The number of carbonyl (C=O) groups is 2. The second-order valence-corrected chi connectivity index (χ2v) is 5.03. The molecule has 0 aliphatic carbocycles. The number of hydrogen-bond donors (Lipinski definition) is 3. The van der Waals surface area contributed by atoms with Crippen LogP contribution in [0.3, 0.4) is 0 Å². The molecule has 0 saturated carbocycles. The maximum atomic E-state index is 12.1. The molecular weight excluding hydrogens is 266 g/mol. The number of aliphatic carboxylic acids is 1. The van der Waals surface area contributed by atoms with Gasteiger partial charge in [-0.25, -0.2) is 0 Å². The number of nitrogens with one attached hydrogen (secondary N) is 2. The summed E-state index contributed by atoms with van der Waals surface area (Å²) in [6.45, 7) is 1.74. The molecule has 19 heavy (non-hydrogen) atoms. The molecule has 7 heteroatoms. The number of aryl methyl sites for hydroxylation is 1. The molecule has 1 atom stereocenters. The number of carboxylic acid groups (broad SMARTS) is 1. The van der Waals surface area contributed by atoms with E-state index in [9.17, 15) is 9.59 Å². The van der Waals surface area contributed by atoms with Crippen LogP contribution in [0, 0.1) is 6.92 Å². The van der Waals surface area contributed by atoms with Gasteiger partial charge in [0.25, 0.3) is 5.91 Å². The zero-order chi connectivity index (χ0) is 13.8. The van der Waals surface area contributed by atoms with E-state index in [1.807, 2.05) is 11.4 Å². The Morgan fingerprint density at radius 3 is 2.89 bits per heavy atom. The maximum absolute atomic E-state index is 12.1. The number of aromatic nitrogens is 2. The van der Waals surface area contributed by atoms with Crippen molar-refractivity contribution in [1.29, 1.82) is 0 Å². The number of rotatable bonds is 5. The van der Waals surface area contributed by atoms with Crippen LogP contribution in [-0.2, 0) is 4.79 Å². The number of carboxylic acids is 1. The van der Waals surface area contributed by atoms with E-state index >= 15 is 0 Å². The molecule has 0 aliphatic heterocycles. The Hall–Kier alpha value is -2.15. The van der Waals surface area contributed by atoms with Crippen LogP contribution in [0.4, 0.5) is 0 Å². The molecule has 1 amide bonds. The Morgan fingerprint density at radius 1 is 1.58 bits per heavy atom. The van der Waals surface area contributed by atoms with Crippen molar-refractivity contribution in [2.45, 2.75) is 19.4 Å². The van der Waals surface area contributed by atoms with Crippen LogP contribution in [0.1, 0.15) is 33.4 Å². The number of amides is 1. The van der Waals surface area contributed by atoms with Gasteiger partial charge in [-0.15, -0.1) is 11.3 Å². The average molecular weight is 279 g/mol. The number of hydrogen-bond acceptors (Lipinski definition) is 4. The van der Waals surface area contributed by atoms with E-state index in [-0.39, 0.29) is 12.3 Å². The predicted molar refractivity (Wildman–Crippen MR) is 70.1 cm³/mol. The summed E-state index contributed by atoms with van der Waals surface area (Å²) in [5.74, 6) is -1.28. The van der Waals surface area contributed by atoms with E-state index in [2.05, 4.69) is 15.5 Å². The van der Waals surface area contributed by atoms with Gasteiger partial charge in [0, 0.05) is 10.6 Å². The highest BCUT2D eigenvalue weighted by Gasteiger charge is 2.21. The smallest absolute Gasteiger partial charge is 0.305 e. The van der Waals surface area contributed by atoms with Crippen molar-refractivity contribution in [2.75, 3.05) is 0 Å². The first-order valence-electron chi connectivity index (χ1n) is 5.64. The van der Waals surface area contributed by atoms with Gasteiger partial charge >= 0.3 is 5.97 Å². The molecule has 2 aromatic heterocycles. The standard InChI is InChI=1S/C12H13N3O3S/c1-7-8(6-13-15-7)12(18)14-9(5-11(16)17)10-3-2-4-19-10/h2-4,6,9H,5H2,1H3,(H,13,15)(H,14,18)(H,16,17). The van der Waals surface area contributed by atoms with Crippen molar-refractivity contribution in [1.82, 2.24) is 15.5 Å². The van der Waals surface area contributed by atoms with Crippen LogP contribution in [0.2, 0.25) is 0 Å². The molecule has 100 valence electrons. The molecule has 2 heterocycles. The molecule has 2 aromatic rings. The van der Waals surface area contributed by atoms with Crippen molar-refractivity contribution in [3.05, 3.63) is 39.8 Å². The van der Waals surface area contributed by atoms with E-state index in [0.29, 0.717) is 11.3 Å². The largest absolute Gasteiger partial charge is 0.481 e. The Morgan fingerprint density at radius 2 is 2.37 bits per heavy atom. The highest BCUT2D eigenvalue weighted by molar-refractivity contribution is 7.10. The van der Waals surface area contributed by atoms with E-state index in [1.54, 1.807) is 13.0 Å². The first-order valence-corrected chi connectivity index (χ1v) is 6.52. The number of thiophene rings is 1. The molecule has 0 aliphatic rings. The van der Waals surface area contributed by atoms with Crippen molar-refractivity contribution < 1.29 is 14.7 Å². The van der Waals surface area contributed by atoms with Gasteiger partial charge in [-0.3, -0.25) is 14.7 Å². The summed E-state index contributed by atoms with van der Waals surface area (Å²) in [4.78, 5) is 23.7. The van der Waals surface area contributed by atoms with Gasteiger partial charge in [0.2, 0.25) is 0 Å². The second kappa shape index (κ2) is 5.66. The van der Waals surface area contributed by atoms with Crippen molar-refractivity contribution in [2.24, 2.45) is 0 Å². The second-order valence-electron chi connectivity index (χ2n) is 4.05. The third kappa shape index (κ3) is 3.19. The van der Waals surface area contributed by atoms with Gasteiger partial charge in [-0.1, -0.05) is 6.07 Å². The summed E-state index contributed by atoms with van der Waals surface area (Å²) in [7, 11) is 0. The normalized spacial score (nSPS) is 12.1. The molecule has 0 aromatic carbocycles. The van der Waals surface area contributed by atoms with Crippen molar-refractivity contribution in [3.8, 4) is 0 Å².